The van der Waals surface area contributed by atoms with Gasteiger partial charge in [0.1, 0.15) is 0 Å². The minimum atomic E-state index is -0.415. The summed E-state index contributed by atoms with van der Waals surface area (Å²) in [5.74, 6) is -0.223. The lowest BCUT2D eigenvalue weighted by molar-refractivity contribution is -0.116. The predicted molar refractivity (Wildman–Crippen MR) is 44.7 cm³/mol. The molecule has 0 spiro atoms. The van der Waals surface area contributed by atoms with Gasteiger partial charge in [-0.25, -0.2) is 0 Å². The van der Waals surface area contributed by atoms with Crippen LogP contribution in [0.2, 0.25) is 0 Å². The van der Waals surface area contributed by atoms with Crippen LogP contribution in [0.5, 0.6) is 0 Å². The number of hydrogen-bond acceptors (Lipinski definition) is 2. The first-order valence-electron chi connectivity index (χ1n) is 3.45. The summed E-state index contributed by atoms with van der Waals surface area (Å²) in [6.45, 7) is 1.85. The van der Waals surface area contributed by atoms with Gasteiger partial charge in [-0.15, -0.1) is 0 Å². The summed E-state index contributed by atoms with van der Waals surface area (Å²) in [5.41, 5.74) is 0. The standard InChI is InChI=1S/C7H10Cl2O2/c1-2-5(7(9)11)3-4-6(8)10/h5H,2-4H2,1H3/t5-/m0/s1. The Kier molecular flexibility index (Phi) is 5.51. The van der Waals surface area contributed by atoms with Crippen LogP contribution in [0.15, 0.2) is 0 Å². The van der Waals surface area contributed by atoms with Crippen molar-refractivity contribution in [3.05, 3.63) is 0 Å². The Hall–Kier alpha value is -0.0800. The van der Waals surface area contributed by atoms with Crippen molar-refractivity contribution in [2.45, 2.75) is 26.2 Å². The molecule has 0 aliphatic heterocycles. The molecule has 0 aromatic rings. The van der Waals surface area contributed by atoms with Gasteiger partial charge >= 0.3 is 0 Å². The largest absolute Gasteiger partial charge is 0.281 e. The monoisotopic (exact) mass is 196 g/mol. The van der Waals surface area contributed by atoms with Gasteiger partial charge in [-0.2, -0.15) is 0 Å². The molecule has 4 heteroatoms. The Balaban J connectivity index is 3.70. The Bertz CT molecular complexity index is 157. The minimum Gasteiger partial charge on any atom is -0.281 e. The quantitative estimate of drug-likeness (QED) is 0.633. The summed E-state index contributed by atoms with van der Waals surface area (Å²) in [6, 6.07) is 0. The van der Waals surface area contributed by atoms with E-state index in [9.17, 15) is 9.59 Å². The van der Waals surface area contributed by atoms with Crippen molar-refractivity contribution < 1.29 is 9.59 Å². The molecular weight excluding hydrogens is 187 g/mol. The second kappa shape index (κ2) is 5.56. The van der Waals surface area contributed by atoms with Crippen LogP contribution >= 0.6 is 23.2 Å². The fourth-order valence-electron chi connectivity index (χ4n) is 0.766. The third kappa shape index (κ3) is 5.22. The molecule has 0 radical (unpaired) electrons. The predicted octanol–water partition coefficient (Wildman–Crippen LogP) is 2.32. The molecule has 0 unspecified atom stereocenters. The summed E-state index contributed by atoms with van der Waals surface area (Å²) >= 11 is 10.3. The number of carbonyl (C=O) groups is 2. The second-order valence-corrected chi connectivity index (χ2v) is 3.10. The van der Waals surface area contributed by atoms with Gasteiger partial charge in [-0.05, 0) is 36.0 Å². The Morgan fingerprint density at radius 2 is 1.91 bits per heavy atom. The van der Waals surface area contributed by atoms with Gasteiger partial charge in [0.15, 0.2) is 0 Å². The molecule has 0 saturated heterocycles. The Morgan fingerprint density at radius 3 is 2.18 bits per heavy atom. The van der Waals surface area contributed by atoms with Gasteiger partial charge < -0.3 is 0 Å². The zero-order valence-electron chi connectivity index (χ0n) is 6.27. The Morgan fingerprint density at radius 1 is 1.36 bits per heavy atom. The maximum atomic E-state index is 10.6. The van der Waals surface area contributed by atoms with Gasteiger partial charge in [0.05, 0.1) is 0 Å². The first-order chi connectivity index (χ1) is 5.07. The molecule has 0 amide bonds. The normalized spacial score (nSPS) is 12.6. The molecule has 2 nitrogen and oxygen atoms in total. The first-order valence-corrected chi connectivity index (χ1v) is 4.21. The molecule has 0 heterocycles. The molecule has 0 N–H and O–H groups in total. The van der Waals surface area contributed by atoms with Crippen LogP contribution in [0.3, 0.4) is 0 Å². The topological polar surface area (TPSA) is 34.1 Å². The van der Waals surface area contributed by atoms with Crippen molar-refractivity contribution in [3.63, 3.8) is 0 Å². The van der Waals surface area contributed by atoms with Crippen LogP contribution < -0.4 is 0 Å². The molecule has 1 atom stereocenters. The third-order valence-electron chi connectivity index (χ3n) is 1.50. The number of halogens is 2. The minimum absolute atomic E-state index is 0.221. The third-order valence-corrected chi connectivity index (χ3v) is 2.00. The van der Waals surface area contributed by atoms with E-state index in [1.807, 2.05) is 6.92 Å². The van der Waals surface area contributed by atoms with Crippen molar-refractivity contribution in [1.82, 2.24) is 0 Å². The van der Waals surface area contributed by atoms with E-state index in [-0.39, 0.29) is 17.6 Å². The maximum absolute atomic E-state index is 10.6. The van der Waals surface area contributed by atoms with Gasteiger partial charge in [0.2, 0.25) is 10.5 Å². The molecule has 64 valence electrons. The first kappa shape index (κ1) is 10.9. The Labute approximate surface area is 75.9 Å². The molecule has 0 aliphatic rings. The molecule has 0 bridgehead atoms. The number of rotatable bonds is 5. The fraction of sp³-hybridized carbons (Fsp3) is 0.714. The summed E-state index contributed by atoms with van der Waals surface area (Å²) in [6.07, 6.45) is 1.34. The smallest absolute Gasteiger partial charge is 0.224 e. The average Bonchev–Trinajstić information content (AvgIpc) is 1.87. The summed E-state index contributed by atoms with van der Waals surface area (Å²) in [7, 11) is 0. The van der Waals surface area contributed by atoms with Crippen LogP contribution in [0, 0.1) is 5.92 Å². The van der Waals surface area contributed by atoms with Gasteiger partial charge in [-0.1, -0.05) is 6.92 Å². The summed E-state index contributed by atoms with van der Waals surface area (Å²) in [4.78, 5) is 20.9. The van der Waals surface area contributed by atoms with Crippen molar-refractivity contribution >= 4 is 33.7 Å². The van der Waals surface area contributed by atoms with Crippen molar-refractivity contribution in [2.75, 3.05) is 0 Å². The molecule has 0 aliphatic carbocycles. The van der Waals surface area contributed by atoms with Gasteiger partial charge in [-0.3, -0.25) is 9.59 Å². The summed E-state index contributed by atoms with van der Waals surface area (Å²) < 4.78 is 0. The lowest BCUT2D eigenvalue weighted by atomic mass is 10.0. The summed E-state index contributed by atoms with van der Waals surface area (Å²) in [5, 5.41) is -0.799. The van der Waals surface area contributed by atoms with Gasteiger partial charge in [0.25, 0.3) is 0 Å². The molecule has 11 heavy (non-hydrogen) atoms. The van der Waals surface area contributed by atoms with Gasteiger partial charge in [0, 0.05) is 12.3 Å². The highest BCUT2D eigenvalue weighted by atomic mass is 35.5. The molecule has 0 fully saturated rings. The SMILES string of the molecule is CC[C@@H](CCC(=O)Cl)C(=O)Cl. The van der Waals surface area contributed by atoms with Crippen LogP contribution in [-0.2, 0) is 9.59 Å². The molecule has 0 aromatic heterocycles. The highest BCUT2D eigenvalue weighted by Gasteiger charge is 2.14. The van der Waals surface area contributed by atoms with E-state index in [2.05, 4.69) is 0 Å². The van der Waals surface area contributed by atoms with E-state index < -0.39 is 5.24 Å². The number of hydrogen-bond donors (Lipinski definition) is 0. The lowest BCUT2D eigenvalue weighted by Gasteiger charge is -2.06. The van der Waals surface area contributed by atoms with Crippen LogP contribution in [0.4, 0.5) is 0 Å². The molecule has 0 rings (SSSR count). The molecule has 0 aromatic carbocycles. The number of carbonyl (C=O) groups excluding carboxylic acids is 2. The maximum Gasteiger partial charge on any atom is 0.224 e. The fourth-order valence-corrected chi connectivity index (χ4v) is 1.14. The van der Waals surface area contributed by atoms with E-state index in [1.165, 1.54) is 0 Å². The van der Waals surface area contributed by atoms with E-state index in [0.29, 0.717) is 12.8 Å². The van der Waals surface area contributed by atoms with Crippen LogP contribution in [0.25, 0.3) is 0 Å². The molecule has 0 saturated carbocycles. The van der Waals surface area contributed by atoms with E-state index >= 15 is 0 Å². The molecular formula is C7H10Cl2O2. The van der Waals surface area contributed by atoms with Crippen molar-refractivity contribution in [3.8, 4) is 0 Å². The highest BCUT2D eigenvalue weighted by Crippen LogP contribution is 2.14. The van der Waals surface area contributed by atoms with Crippen LogP contribution in [0.1, 0.15) is 26.2 Å². The van der Waals surface area contributed by atoms with Crippen molar-refractivity contribution in [2.24, 2.45) is 5.92 Å². The highest BCUT2D eigenvalue weighted by molar-refractivity contribution is 6.64. The lowest BCUT2D eigenvalue weighted by Crippen LogP contribution is -2.08. The average molecular weight is 197 g/mol. The van der Waals surface area contributed by atoms with E-state index in [1.54, 1.807) is 0 Å². The van der Waals surface area contributed by atoms with Crippen LogP contribution in [-0.4, -0.2) is 10.5 Å². The van der Waals surface area contributed by atoms with Crippen molar-refractivity contribution in [1.29, 1.82) is 0 Å². The zero-order chi connectivity index (χ0) is 8.85. The van der Waals surface area contributed by atoms with E-state index in [4.69, 9.17) is 23.2 Å². The second-order valence-electron chi connectivity index (χ2n) is 2.30. The van der Waals surface area contributed by atoms with E-state index in [0.717, 1.165) is 0 Å². The zero-order valence-corrected chi connectivity index (χ0v) is 7.78.